The molecule has 0 bridgehead atoms. The molecule has 7 heteroatoms. The Morgan fingerprint density at radius 1 is 1.75 bits per heavy atom. The number of rotatable bonds is 1. The summed E-state index contributed by atoms with van der Waals surface area (Å²) < 4.78 is 0. The summed E-state index contributed by atoms with van der Waals surface area (Å²) in [6.45, 7) is 1.15. The fraction of sp³-hybridized carbons (Fsp3) is 0.600. The molecule has 68 valence electrons. The van der Waals surface area contributed by atoms with Crippen LogP contribution >= 0.6 is 0 Å². The molecule has 0 spiro atoms. The van der Waals surface area contributed by atoms with Gasteiger partial charge in [0, 0.05) is 6.92 Å². The molecule has 0 radical (unpaired) electrons. The third-order valence-corrected chi connectivity index (χ3v) is 1.43. The van der Waals surface area contributed by atoms with E-state index >= 15 is 0 Å². The van der Waals surface area contributed by atoms with Gasteiger partial charge >= 0.3 is 6.03 Å². The maximum atomic E-state index is 10.9. The lowest BCUT2D eigenvalue weighted by Gasteiger charge is -2.26. The highest BCUT2D eigenvalue weighted by atomic mass is 16.5. The van der Waals surface area contributed by atoms with Gasteiger partial charge < -0.3 is 21.4 Å². The van der Waals surface area contributed by atoms with E-state index in [1.807, 2.05) is 0 Å². The van der Waals surface area contributed by atoms with Crippen LogP contribution in [-0.2, 0) is 0 Å². The molecule has 1 aliphatic heterocycles. The molecular formula is C5H10N4O3. The largest absolute Gasteiger partial charge is 0.349 e. The number of nitrogens with one attached hydrogen (secondary N) is 1. The van der Waals surface area contributed by atoms with Crippen molar-refractivity contribution in [1.82, 2.24) is 10.2 Å². The number of hydrogen-bond donors (Lipinski definition) is 4. The number of amides is 2. The summed E-state index contributed by atoms with van der Waals surface area (Å²) in [5.41, 5.74) is 0. The predicted molar refractivity (Wildman–Crippen MR) is 39.7 cm³/mol. The van der Waals surface area contributed by atoms with Crippen molar-refractivity contribution >= 4 is 11.9 Å². The topological polar surface area (TPSA) is 111 Å². The summed E-state index contributed by atoms with van der Waals surface area (Å²) in [6, 6.07) is -0.633. The van der Waals surface area contributed by atoms with E-state index in [1.165, 1.54) is 0 Å². The monoisotopic (exact) mass is 174 g/mol. The first-order valence-electron chi connectivity index (χ1n) is 3.26. The van der Waals surface area contributed by atoms with E-state index in [0.717, 1.165) is 6.92 Å². The number of hydrazone groups is 1. The zero-order chi connectivity index (χ0) is 9.35. The van der Waals surface area contributed by atoms with Crippen LogP contribution in [0.25, 0.3) is 0 Å². The van der Waals surface area contributed by atoms with E-state index in [4.69, 9.17) is 16.1 Å². The maximum Gasteiger partial charge on any atom is 0.327 e. The molecule has 1 aliphatic rings. The van der Waals surface area contributed by atoms with Crippen LogP contribution in [0, 0.1) is 0 Å². The van der Waals surface area contributed by atoms with Crippen LogP contribution in [0.1, 0.15) is 6.92 Å². The van der Waals surface area contributed by atoms with Gasteiger partial charge in [-0.3, -0.25) is 0 Å². The van der Waals surface area contributed by atoms with Crippen molar-refractivity contribution in [2.75, 3.05) is 6.54 Å². The fourth-order valence-electron chi connectivity index (χ4n) is 0.970. The van der Waals surface area contributed by atoms with Crippen molar-refractivity contribution in [2.24, 2.45) is 10.9 Å². The van der Waals surface area contributed by atoms with Gasteiger partial charge in [-0.2, -0.15) is 5.10 Å². The molecule has 0 aromatic carbocycles. The van der Waals surface area contributed by atoms with Gasteiger partial charge in [0.2, 0.25) is 0 Å². The molecule has 5 N–H and O–H groups in total. The van der Waals surface area contributed by atoms with Crippen molar-refractivity contribution in [3.63, 3.8) is 0 Å². The van der Waals surface area contributed by atoms with Gasteiger partial charge in [-0.15, -0.1) is 0 Å². The highest BCUT2D eigenvalue weighted by molar-refractivity contribution is 6.05. The summed E-state index contributed by atoms with van der Waals surface area (Å²) in [5.74, 6) is 2.74. The fourth-order valence-corrected chi connectivity index (χ4v) is 0.970. The molecular weight excluding hydrogens is 164 g/mol. The molecule has 1 fully saturated rings. The third kappa shape index (κ3) is 1.31. The molecule has 0 unspecified atom stereocenters. The van der Waals surface area contributed by atoms with Crippen LogP contribution in [-0.4, -0.2) is 39.4 Å². The van der Waals surface area contributed by atoms with E-state index < -0.39 is 11.9 Å². The summed E-state index contributed by atoms with van der Waals surface area (Å²) in [6.07, 6.45) is 0. The maximum absolute atomic E-state index is 10.9. The highest BCUT2D eigenvalue weighted by Gasteiger charge is 2.39. The number of amidine groups is 1. The van der Waals surface area contributed by atoms with E-state index in [9.17, 15) is 4.79 Å². The Morgan fingerprint density at radius 3 is 2.67 bits per heavy atom. The standard InChI is InChI=1S/C5H10N4O3/c1-5(11,12)9-3(8-6)2-7-4(9)10/h11-12H,2,6H2,1H3,(H,7,10). The van der Waals surface area contributed by atoms with Crippen molar-refractivity contribution in [2.45, 2.75) is 12.8 Å². The lowest BCUT2D eigenvalue weighted by Crippen LogP contribution is -2.50. The zero-order valence-corrected chi connectivity index (χ0v) is 6.48. The molecule has 0 saturated carbocycles. The molecule has 0 aliphatic carbocycles. The molecule has 0 aromatic rings. The van der Waals surface area contributed by atoms with Gasteiger partial charge in [-0.1, -0.05) is 0 Å². The second kappa shape index (κ2) is 2.61. The summed E-state index contributed by atoms with van der Waals surface area (Å²) in [5, 5.41) is 23.7. The minimum Gasteiger partial charge on any atom is -0.349 e. The predicted octanol–water partition coefficient (Wildman–Crippen LogP) is -2.06. The quantitative estimate of drug-likeness (QED) is 0.208. The molecule has 0 atom stereocenters. The average Bonchev–Trinajstić information content (AvgIpc) is 2.29. The zero-order valence-electron chi connectivity index (χ0n) is 6.48. The number of nitrogens with zero attached hydrogens (tertiary/aromatic N) is 2. The molecule has 1 heterocycles. The lowest BCUT2D eigenvalue weighted by atomic mass is 10.4. The Morgan fingerprint density at radius 2 is 2.33 bits per heavy atom. The number of aliphatic hydroxyl groups is 2. The van der Waals surface area contributed by atoms with Crippen LogP contribution in [0.4, 0.5) is 4.79 Å². The molecule has 1 saturated heterocycles. The van der Waals surface area contributed by atoms with Crippen LogP contribution in [0.5, 0.6) is 0 Å². The smallest absolute Gasteiger partial charge is 0.327 e. The lowest BCUT2D eigenvalue weighted by molar-refractivity contribution is -0.205. The number of hydrogen-bond acceptors (Lipinski definition) is 5. The van der Waals surface area contributed by atoms with Crippen molar-refractivity contribution < 1.29 is 15.0 Å². The van der Waals surface area contributed by atoms with Gasteiger partial charge in [-0.05, 0) is 0 Å². The van der Waals surface area contributed by atoms with E-state index in [-0.39, 0.29) is 12.4 Å². The highest BCUT2D eigenvalue weighted by Crippen LogP contribution is 2.12. The van der Waals surface area contributed by atoms with E-state index in [1.54, 1.807) is 0 Å². The van der Waals surface area contributed by atoms with E-state index in [0.29, 0.717) is 4.90 Å². The number of carbonyl (C=O) groups excluding carboxylic acids is 1. The molecule has 2 amide bonds. The summed E-state index contributed by atoms with van der Waals surface area (Å²) in [7, 11) is 0. The van der Waals surface area contributed by atoms with Crippen LogP contribution in [0.2, 0.25) is 0 Å². The molecule has 12 heavy (non-hydrogen) atoms. The van der Waals surface area contributed by atoms with Gasteiger partial charge in [0.05, 0.1) is 6.54 Å². The first kappa shape index (κ1) is 8.75. The first-order chi connectivity index (χ1) is 5.46. The van der Waals surface area contributed by atoms with Gasteiger partial charge in [0.25, 0.3) is 5.91 Å². The minimum absolute atomic E-state index is 0.0903. The van der Waals surface area contributed by atoms with Gasteiger partial charge in [0.1, 0.15) is 0 Å². The third-order valence-electron chi connectivity index (χ3n) is 1.43. The Kier molecular flexibility index (Phi) is 1.90. The number of urea groups is 1. The minimum atomic E-state index is -2.27. The SMILES string of the molecule is CC(O)(O)N1C(=O)NCC1=NN. The van der Waals surface area contributed by atoms with Crippen molar-refractivity contribution in [3.05, 3.63) is 0 Å². The van der Waals surface area contributed by atoms with Crippen LogP contribution < -0.4 is 11.2 Å². The Labute approximate surface area is 68.5 Å². The Bertz CT molecular complexity index is 231. The molecule has 7 nitrogen and oxygen atoms in total. The Balaban J connectivity index is 2.93. The first-order valence-corrected chi connectivity index (χ1v) is 3.26. The Hall–Kier alpha value is -1.34. The van der Waals surface area contributed by atoms with Crippen LogP contribution in [0.15, 0.2) is 5.10 Å². The number of nitrogens with two attached hydrogens (primary N) is 1. The molecule has 0 aromatic heterocycles. The normalized spacial score (nSPS) is 21.8. The van der Waals surface area contributed by atoms with Gasteiger partial charge in [-0.25, -0.2) is 9.69 Å². The van der Waals surface area contributed by atoms with Gasteiger partial charge in [0.15, 0.2) is 5.84 Å². The van der Waals surface area contributed by atoms with E-state index in [2.05, 4.69) is 10.4 Å². The molecule has 1 rings (SSSR count). The summed E-state index contributed by atoms with van der Waals surface area (Å²) in [4.78, 5) is 11.6. The van der Waals surface area contributed by atoms with Crippen molar-refractivity contribution in [1.29, 1.82) is 0 Å². The number of carbonyl (C=O) groups is 1. The summed E-state index contributed by atoms with van der Waals surface area (Å²) >= 11 is 0. The van der Waals surface area contributed by atoms with Crippen molar-refractivity contribution in [3.8, 4) is 0 Å². The second-order valence-corrected chi connectivity index (χ2v) is 2.51. The average molecular weight is 174 g/mol. The second-order valence-electron chi connectivity index (χ2n) is 2.51. The van der Waals surface area contributed by atoms with Crippen LogP contribution in [0.3, 0.4) is 0 Å².